The Bertz CT molecular complexity index is 1010. The molecule has 2 fully saturated rings. The minimum Gasteiger partial charge on any atom is -0.490 e. The summed E-state index contributed by atoms with van der Waals surface area (Å²) in [7, 11) is 0. The quantitative estimate of drug-likeness (QED) is 0.416. The molecule has 0 amide bonds. The maximum Gasteiger partial charge on any atom is 0.127 e. The minimum absolute atomic E-state index is 0.261. The molecule has 0 radical (unpaired) electrons. The fourth-order valence-electron chi connectivity index (χ4n) is 3.33. The van der Waals surface area contributed by atoms with Crippen LogP contribution in [0.15, 0.2) is 84.9 Å². The third-order valence-corrected chi connectivity index (χ3v) is 5.15. The molecule has 152 valence electrons. The Morgan fingerprint density at radius 1 is 0.567 bits per heavy atom. The average molecular weight is 400 g/mol. The van der Waals surface area contributed by atoms with E-state index in [9.17, 15) is 0 Å². The second kappa shape index (κ2) is 8.74. The number of hydrogen-bond donors (Lipinski definition) is 0. The molecular formula is C26H24O4. The molecule has 2 aliphatic heterocycles. The van der Waals surface area contributed by atoms with Crippen molar-refractivity contribution in [1.82, 2.24) is 0 Å². The van der Waals surface area contributed by atoms with E-state index in [2.05, 4.69) is 60.7 Å². The molecule has 2 atom stereocenters. The summed E-state index contributed by atoms with van der Waals surface area (Å²) in [4.78, 5) is 0. The Kier molecular flexibility index (Phi) is 5.51. The van der Waals surface area contributed by atoms with Crippen molar-refractivity contribution in [2.75, 3.05) is 26.4 Å². The number of hydrogen-bond acceptors (Lipinski definition) is 4. The molecule has 0 aliphatic carbocycles. The number of ether oxygens (including phenoxy) is 4. The summed E-state index contributed by atoms with van der Waals surface area (Å²) in [6.07, 6.45) is 0.522. The summed E-state index contributed by atoms with van der Waals surface area (Å²) < 4.78 is 22.0. The van der Waals surface area contributed by atoms with E-state index in [0.717, 1.165) is 35.5 Å². The summed E-state index contributed by atoms with van der Waals surface area (Å²) in [6.45, 7) is 2.83. The SMILES string of the molecule is c1cc(OCC2CO2)c2cccc(OCC3CO3)c2c1.c1ccc2ccccc2c1. The first-order chi connectivity index (χ1) is 14.9. The van der Waals surface area contributed by atoms with Crippen molar-refractivity contribution in [3.8, 4) is 11.5 Å². The first kappa shape index (κ1) is 18.9. The fraction of sp³-hybridized carbons (Fsp3) is 0.231. The van der Waals surface area contributed by atoms with Gasteiger partial charge < -0.3 is 18.9 Å². The lowest BCUT2D eigenvalue weighted by Crippen LogP contribution is -2.05. The highest BCUT2D eigenvalue weighted by Gasteiger charge is 2.24. The number of rotatable bonds is 6. The Morgan fingerprint density at radius 2 is 0.967 bits per heavy atom. The van der Waals surface area contributed by atoms with Gasteiger partial charge in [-0.25, -0.2) is 0 Å². The molecule has 4 heteroatoms. The monoisotopic (exact) mass is 400 g/mol. The zero-order valence-corrected chi connectivity index (χ0v) is 16.7. The second-order valence-electron chi connectivity index (χ2n) is 7.49. The average Bonchev–Trinajstić information content (AvgIpc) is 3.72. The van der Waals surface area contributed by atoms with E-state index >= 15 is 0 Å². The van der Waals surface area contributed by atoms with Gasteiger partial charge in [0.2, 0.25) is 0 Å². The molecule has 0 bridgehead atoms. The van der Waals surface area contributed by atoms with Crippen LogP contribution in [0.3, 0.4) is 0 Å². The number of fused-ring (bicyclic) bond motifs is 2. The molecule has 4 aromatic rings. The van der Waals surface area contributed by atoms with Gasteiger partial charge in [0, 0.05) is 10.8 Å². The molecule has 0 N–H and O–H groups in total. The van der Waals surface area contributed by atoms with Gasteiger partial charge in [0.1, 0.15) is 36.9 Å². The first-order valence-electron chi connectivity index (χ1n) is 10.3. The standard InChI is InChI=1S/C16H16O4.C10H8/c1-3-13-14(15(5-1)19-9-11-7-17-11)4-2-6-16(13)20-10-12-8-18-12;1-2-6-10-8-4-3-7-9(10)5-1/h1-6,11-12H,7-10H2;1-8H. The lowest BCUT2D eigenvalue weighted by Gasteiger charge is -2.11. The van der Waals surface area contributed by atoms with Gasteiger partial charge in [-0.1, -0.05) is 72.8 Å². The predicted octanol–water partition coefficient (Wildman–Crippen LogP) is 5.23. The Hall–Kier alpha value is -3.08. The predicted molar refractivity (Wildman–Crippen MR) is 118 cm³/mol. The molecule has 4 nitrogen and oxygen atoms in total. The highest BCUT2D eigenvalue weighted by atomic mass is 16.6. The van der Waals surface area contributed by atoms with Gasteiger partial charge in [0.15, 0.2) is 0 Å². The van der Waals surface area contributed by atoms with Gasteiger partial charge in [0.25, 0.3) is 0 Å². The van der Waals surface area contributed by atoms with E-state index in [1.807, 2.05) is 24.3 Å². The molecule has 0 saturated carbocycles. The third kappa shape index (κ3) is 4.73. The summed E-state index contributed by atoms with van der Waals surface area (Å²) >= 11 is 0. The molecule has 30 heavy (non-hydrogen) atoms. The lowest BCUT2D eigenvalue weighted by molar-refractivity contribution is 0.263. The molecular weight excluding hydrogens is 376 g/mol. The van der Waals surface area contributed by atoms with Crippen LogP contribution < -0.4 is 9.47 Å². The molecule has 6 rings (SSSR count). The van der Waals surface area contributed by atoms with Gasteiger partial charge in [-0.15, -0.1) is 0 Å². The molecule has 2 heterocycles. The van der Waals surface area contributed by atoms with Crippen molar-refractivity contribution in [3.05, 3.63) is 84.9 Å². The summed E-state index contributed by atoms with van der Waals surface area (Å²) in [5.41, 5.74) is 0. The van der Waals surface area contributed by atoms with Crippen LogP contribution in [-0.2, 0) is 9.47 Å². The van der Waals surface area contributed by atoms with Crippen LogP contribution in [0, 0.1) is 0 Å². The van der Waals surface area contributed by atoms with E-state index < -0.39 is 0 Å². The van der Waals surface area contributed by atoms with Crippen LogP contribution in [0.1, 0.15) is 0 Å². The Morgan fingerprint density at radius 3 is 1.33 bits per heavy atom. The smallest absolute Gasteiger partial charge is 0.127 e. The van der Waals surface area contributed by atoms with Gasteiger partial charge in [0.05, 0.1) is 13.2 Å². The fourth-order valence-corrected chi connectivity index (χ4v) is 3.33. The van der Waals surface area contributed by atoms with Crippen LogP contribution in [-0.4, -0.2) is 38.6 Å². The summed E-state index contributed by atoms with van der Waals surface area (Å²) in [6, 6.07) is 28.8. The van der Waals surface area contributed by atoms with Gasteiger partial charge in [-0.2, -0.15) is 0 Å². The van der Waals surface area contributed by atoms with E-state index in [1.165, 1.54) is 10.8 Å². The van der Waals surface area contributed by atoms with Crippen LogP contribution in [0.2, 0.25) is 0 Å². The van der Waals surface area contributed by atoms with Crippen molar-refractivity contribution in [3.63, 3.8) is 0 Å². The van der Waals surface area contributed by atoms with Gasteiger partial charge >= 0.3 is 0 Å². The van der Waals surface area contributed by atoms with Crippen LogP contribution in [0.4, 0.5) is 0 Å². The van der Waals surface area contributed by atoms with E-state index in [-0.39, 0.29) is 12.2 Å². The summed E-state index contributed by atoms with van der Waals surface area (Å²) in [5, 5.41) is 4.76. The highest BCUT2D eigenvalue weighted by Crippen LogP contribution is 2.33. The van der Waals surface area contributed by atoms with Crippen molar-refractivity contribution in [2.24, 2.45) is 0 Å². The third-order valence-electron chi connectivity index (χ3n) is 5.15. The van der Waals surface area contributed by atoms with Crippen molar-refractivity contribution < 1.29 is 18.9 Å². The lowest BCUT2D eigenvalue weighted by atomic mass is 10.1. The highest BCUT2D eigenvalue weighted by molar-refractivity contribution is 5.93. The number of epoxide rings is 2. The second-order valence-corrected chi connectivity index (χ2v) is 7.49. The first-order valence-corrected chi connectivity index (χ1v) is 10.3. The maximum absolute atomic E-state index is 5.83. The maximum atomic E-state index is 5.83. The molecule has 0 spiro atoms. The van der Waals surface area contributed by atoms with Crippen LogP contribution in [0.5, 0.6) is 11.5 Å². The zero-order valence-electron chi connectivity index (χ0n) is 16.7. The molecule has 0 aromatic heterocycles. The Labute approximate surface area is 175 Å². The molecule has 2 aliphatic rings. The topological polar surface area (TPSA) is 43.5 Å². The zero-order chi connectivity index (χ0) is 20.2. The minimum atomic E-state index is 0.261. The molecule has 2 unspecified atom stereocenters. The Balaban J connectivity index is 0.000000161. The van der Waals surface area contributed by atoms with Gasteiger partial charge in [-0.05, 0) is 22.9 Å². The van der Waals surface area contributed by atoms with Crippen LogP contribution >= 0.6 is 0 Å². The number of benzene rings is 4. The van der Waals surface area contributed by atoms with E-state index in [4.69, 9.17) is 18.9 Å². The van der Waals surface area contributed by atoms with Crippen molar-refractivity contribution in [2.45, 2.75) is 12.2 Å². The van der Waals surface area contributed by atoms with E-state index in [1.54, 1.807) is 0 Å². The largest absolute Gasteiger partial charge is 0.490 e. The van der Waals surface area contributed by atoms with Crippen molar-refractivity contribution >= 4 is 21.5 Å². The summed E-state index contributed by atoms with van der Waals surface area (Å²) in [5.74, 6) is 1.76. The van der Waals surface area contributed by atoms with Crippen LogP contribution in [0.25, 0.3) is 21.5 Å². The van der Waals surface area contributed by atoms with E-state index in [0.29, 0.717) is 13.2 Å². The van der Waals surface area contributed by atoms with Gasteiger partial charge in [-0.3, -0.25) is 0 Å². The van der Waals surface area contributed by atoms with Crippen molar-refractivity contribution in [1.29, 1.82) is 0 Å². The molecule has 2 saturated heterocycles. The molecule has 4 aromatic carbocycles. The normalized spacial score (nSPS) is 19.1.